The van der Waals surface area contributed by atoms with Gasteiger partial charge in [0, 0.05) is 37.9 Å². The summed E-state index contributed by atoms with van der Waals surface area (Å²) in [5, 5.41) is 3.60. The molecule has 3 heteroatoms. The lowest BCUT2D eigenvalue weighted by atomic mass is 10.0. The third kappa shape index (κ3) is 2.68. The van der Waals surface area contributed by atoms with Gasteiger partial charge in [0.05, 0.1) is 0 Å². The zero-order chi connectivity index (χ0) is 13.1. The van der Waals surface area contributed by atoms with Gasteiger partial charge >= 0.3 is 0 Å². The summed E-state index contributed by atoms with van der Waals surface area (Å²) < 4.78 is 0. The molecule has 1 aliphatic rings. The Morgan fingerprint density at radius 1 is 1.44 bits per heavy atom. The molecule has 0 spiro atoms. The molecule has 0 radical (unpaired) electrons. The topological polar surface area (TPSA) is 41.3 Å². The van der Waals surface area contributed by atoms with Gasteiger partial charge in [0.25, 0.3) is 0 Å². The second kappa shape index (κ2) is 5.72. The molecule has 0 saturated heterocycles. The zero-order valence-corrected chi connectivity index (χ0v) is 11.7. The minimum atomic E-state index is 0.274. The first-order chi connectivity index (χ1) is 8.65. The monoisotopic (exact) mass is 247 g/mol. The molecule has 0 saturated carbocycles. The van der Waals surface area contributed by atoms with E-state index in [0.29, 0.717) is 12.6 Å². The maximum Gasteiger partial charge on any atom is 0.0446 e. The van der Waals surface area contributed by atoms with E-state index in [-0.39, 0.29) is 6.04 Å². The molecule has 0 aliphatic carbocycles. The first-order valence-electron chi connectivity index (χ1n) is 6.95. The fraction of sp³-hybridized carbons (Fsp3) is 0.600. The van der Waals surface area contributed by atoms with Crippen molar-refractivity contribution in [1.82, 2.24) is 5.32 Å². The highest BCUT2D eigenvalue weighted by Crippen LogP contribution is 2.29. The molecule has 1 aromatic rings. The SMILES string of the molecule is CCC(C)NC(CN)c1ccc2c(c1)CCN2C. The highest BCUT2D eigenvalue weighted by atomic mass is 15.1. The van der Waals surface area contributed by atoms with Crippen molar-refractivity contribution < 1.29 is 0 Å². The Kier molecular flexibility index (Phi) is 4.25. The van der Waals surface area contributed by atoms with E-state index in [1.54, 1.807) is 0 Å². The van der Waals surface area contributed by atoms with Crippen molar-refractivity contribution in [3.8, 4) is 0 Å². The summed E-state index contributed by atoms with van der Waals surface area (Å²) >= 11 is 0. The summed E-state index contributed by atoms with van der Waals surface area (Å²) in [5.41, 5.74) is 10.1. The van der Waals surface area contributed by atoms with E-state index in [2.05, 4.69) is 49.3 Å². The average molecular weight is 247 g/mol. The quantitative estimate of drug-likeness (QED) is 0.837. The van der Waals surface area contributed by atoms with E-state index >= 15 is 0 Å². The van der Waals surface area contributed by atoms with E-state index in [0.717, 1.165) is 19.4 Å². The summed E-state index contributed by atoms with van der Waals surface area (Å²) in [6, 6.07) is 7.56. The molecule has 3 nitrogen and oxygen atoms in total. The molecule has 0 aromatic heterocycles. The molecule has 18 heavy (non-hydrogen) atoms. The first-order valence-corrected chi connectivity index (χ1v) is 6.95. The van der Waals surface area contributed by atoms with E-state index in [1.165, 1.54) is 16.8 Å². The summed E-state index contributed by atoms with van der Waals surface area (Å²) in [4.78, 5) is 2.32. The predicted molar refractivity (Wildman–Crippen MR) is 78.1 cm³/mol. The Morgan fingerprint density at radius 3 is 2.89 bits per heavy atom. The number of anilines is 1. The maximum absolute atomic E-state index is 5.91. The van der Waals surface area contributed by atoms with Gasteiger partial charge in [0.1, 0.15) is 0 Å². The van der Waals surface area contributed by atoms with Crippen molar-refractivity contribution in [2.24, 2.45) is 5.73 Å². The Balaban J connectivity index is 2.17. The predicted octanol–water partition coefficient (Wildman–Crippen LogP) is 2.07. The summed E-state index contributed by atoms with van der Waals surface area (Å²) in [6.07, 6.45) is 2.28. The fourth-order valence-electron chi connectivity index (χ4n) is 2.57. The van der Waals surface area contributed by atoms with Crippen LogP contribution in [0.3, 0.4) is 0 Å². The number of nitrogens with one attached hydrogen (secondary N) is 1. The number of nitrogens with two attached hydrogens (primary N) is 1. The van der Waals surface area contributed by atoms with Crippen LogP contribution in [0.25, 0.3) is 0 Å². The molecule has 100 valence electrons. The van der Waals surface area contributed by atoms with E-state index in [4.69, 9.17) is 5.73 Å². The van der Waals surface area contributed by atoms with Crippen molar-refractivity contribution >= 4 is 5.69 Å². The van der Waals surface area contributed by atoms with Gasteiger partial charge in [-0.05, 0) is 37.0 Å². The van der Waals surface area contributed by atoms with Crippen molar-refractivity contribution in [1.29, 1.82) is 0 Å². The fourth-order valence-corrected chi connectivity index (χ4v) is 2.57. The average Bonchev–Trinajstić information content (AvgIpc) is 2.76. The Labute approximate surface area is 110 Å². The maximum atomic E-state index is 5.91. The zero-order valence-electron chi connectivity index (χ0n) is 11.7. The molecule has 3 N–H and O–H groups in total. The Bertz CT molecular complexity index is 403. The number of hydrogen-bond acceptors (Lipinski definition) is 3. The lowest BCUT2D eigenvalue weighted by Crippen LogP contribution is -2.34. The van der Waals surface area contributed by atoms with Gasteiger partial charge in [-0.1, -0.05) is 19.1 Å². The normalized spacial score (nSPS) is 17.7. The van der Waals surface area contributed by atoms with Crippen LogP contribution in [0.4, 0.5) is 5.69 Å². The second-order valence-corrected chi connectivity index (χ2v) is 5.32. The highest BCUT2D eigenvalue weighted by molar-refractivity contribution is 5.58. The van der Waals surface area contributed by atoms with Gasteiger partial charge in [-0.15, -0.1) is 0 Å². The minimum Gasteiger partial charge on any atom is -0.374 e. The Hall–Kier alpha value is -1.06. The largest absolute Gasteiger partial charge is 0.374 e. The van der Waals surface area contributed by atoms with Gasteiger partial charge in [0.2, 0.25) is 0 Å². The number of likely N-dealkylation sites (N-methyl/N-ethyl adjacent to an activating group) is 1. The van der Waals surface area contributed by atoms with Gasteiger partial charge < -0.3 is 16.0 Å². The highest BCUT2D eigenvalue weighted by Gasteiger charge is 2.18. The first kappa shape index (κ1) is 13.4. The third-order valence-electron chi connectivity index (χ3n) is 3.97. The number of hydrogen-bond donors (Lipinski definition) is 2. The van der Waals surface area contributed by atoms with E-state index in [1.807, 2.05) is 0 Å². The molecule has 1 aromatic carbocycles. The van der Waals surface area contributed by atoms with Crippen LogP contribution >= 0.6 is 0 Å². The van der Waals surface area contributed by atoms with Gasteiger partial charge in [0.15, 0.2) is 0 Å². The van der Waals surface area contributed by atoms with Crippen LogP contribution in [0.2, 0.25) is 0 Å². The molecular weight excluding hydrogens is 222 g/mol. The smallest absolute Gasteiger partial charge is 0.0446 e. The van der Waals surface area contributed by atoms with Gasteiger partial charge in [-0.25, -0.2) is 0 Å². The number of benzene rings is 1. The van der Waals surface area contributed by atoms with E-state index < -0.39 is 0 Å². The molecule has 0 fully saturated rings. The van der Waals surface area contributed by atoms with Crippen LogP contribution in [0, 0.1) is 0 Å². The minimum absolute atomic E-state index is 0.274. The second-order valence-electron chi connectivity index (χ2n) is 5.32. The standard InChI is InChI=1S/C15H25N3/c1-4-11(2)17-14(10-16)12-5-6-15-13(9-12)7-8-18(15)3/h5-6,9,11,14,17H,4,7-8,10,16H2,1-3H3. The molecule has 2 unspecified atom stereocenters. The van der Waals surface area contributed by atoms with Crippen LogP contribution in [0.15, 0.2) is 18.2 Å². The van der Waals surface area contributed by atoms with Gasteiger partial charge in [-0.2, -0.15) is 0 Å². The van der Waals surface area contributed by atoms with Crippen LogP contribution in [-0.4, -0.2) is 26.2 Å². The number of fused-ring (bicyclic) bond motifs is 1. The van der Waals surface area contributed by atoms with Crippen LogP contribution in [0.5, 0.6) is 0 Å². The summed E-state index contributed by atoms with van der Waals surface area (Å²) in [5.74, 6) is 0. The lowest BCUT2D eigenvalue weighted by Gasteiger charge is -2.22. The molecule has 0 bridgehead atoms. The van der Waals surface area contributed by atoms with Crippen molar-refractivity contribution in [3.05, 3.63) is 29.3 Å². The molecule has 1 aliphatic heterocycles. The number of nitrogens with zero attached hydrogens (tertiary/aromatic N) is 1. The number of rotatable bonds is 5. The van der Waals surface area contributed by atoms with Gasteiger partial charge in [-0.3, -0.25) is 0 Å². The third-order valence-corrected chi connectivity index (χ3v) is 3.97. The Morgan fingerprint density at radius 2 is 2.22 bits per heavy atom. The van der Waals surface area contributed by atoms with E-state index in [9.17, 15) is 0 Å². The van der Waals surface area contributed by atoms with Crippen molar-refractivity contribution in [2.45, 2.75) is 38.8 Å². The molecule has 1 heterocycles. The molecular formula is C15H25N3. The molecule has 2 atom stereocenters. The van der Waals surface area contributed by atoms with Crippen molar-refractivity contribution in [3.63, 3.8) is 0 Å². The lowest BCUT2D eigenvalue weighted by molar-refractivity contribution is 0.452. The van der Waals surface area contributed by atoms with Crippen molar-refractivity contribution in [2.75, 3.05) is 25.0 Å². The molecule has 0 amide bonds. The summed E-state index contributed by atoms with van der Waals surface area (Å²) in [7, 11) is 2.16. The van der Waals surface area contributed by atoms with Crippen LogP contribution in [-0.2, 0) is 6.42 Å². The summed E-state index contributed by atoms with van der Waals surface area (Å²) in [6.45, 7) is 6.19. The van der Waals surface area contributed by atoms with Crippen LogP contribution in [0.1, 0.15) is 37.4 Å². The molecule has 2 rings (SSSR count). The van der Waals surface area contributed by atoms with Crippen LogP contribution < -0.4 is 16.0 Å².